The molecule has 10 heavy (non-hydrogen) atoms. The van der Waals surface area contributed by atoms with Crippen molar-refractivity contribution in [1.29, 1.82) is 0 Å². The molecule has 0 radical (unpaired) electrons. The number of amidine groups is 1. The zero-order valence-corrected chi connectivity index (χ0v) is 7.19. The molecule has 0 aromatic carbocycles. The van der Waals surface area contributed by atoms with Crippen LogP contribution in [0.4, 0.5) is 0 Å². The number of nitrogens with zero attached hydrogens (tertiary/aromatic N) is 2. The molecule has 0 N–H and O–H groups in total. The maximum atomic E-state index is 4.39. The summed E-state index contributed by atoms with van der Waals surface area (Å²) in [5.74, 6) is 1.01. The van der Waals surface area contributed by atoms with Crippen LogP contribution in [0.15, 0.2) is 20.8 Å². The molecule has 1 rings (SSSR count). The highest BCUT2D eigenvalue weighted by atomic mass is 32.2. The SMILES string of the molecule is CCC1=NCC=CS(C)=N1. The molecule has 3 heteroatoms. The van der Waals surface area contributed by atoms with Crippen LogP contribution in [0.5, 0.6) is 0 Å². The largest absolute Gasteiger partial charge is 0.266 e. The predicted octanol–water partition coefficient (Wildman–Crippen LogP) is 1.75. The van der Waals surface area contributed by atoms with Gasteiger partial charge >= 0.3 is 0 Å². The molecular formula is C7H12N2S. The standard InChI is InChI=1S/C7H12N2S/c1-3-7-8-5-4-6-10(2)9-7/h4,6H,3,5H2,1-2H3. The minimum absolute atomic E-state index is 0.0761. The van der Waals surface area contributed by atoms with E-state index in [0.717, 1.165) is 18.8 Å². The molecule has 0 aliphatic carbocycles. The third-order valence-corrected chi connectivity index (χ3v) is 2.32. The van der Waals surface area contributed by atoms with Gasteiger partial charge in [0.25, 0.3) is 0 Å². The first-order valence-corrected chi connectivity index (χ1v) is 5.05. The second kappa shape index (κ2) is 3.66. The molecule has 0 aromatic heterocycles. The van der Waals surface area contributed by atoms with Gasteiger partial charge in [0.2, 0.25) is 0 Å². The van der Waals surface area contributed by atoms with E-state index in [1.807, 2.05) is 0 Å². The Balaban J connectivity index is 2.77. The quantitative estimate of drug-likeness (QED) is 0.552. The first kappa shape index (κ1) is 7.66. The molecule has 0 saturated heterocycles. The Morgan fingerprint density at radius 3 is 3.20 bits per heavy atom. The van der Waals surface area contributed by atoms with E-state index in [4.69, 9.17) is 0 Å². The summed E-state index contributed by atoms with van der Waals surface area (Å²) in [5.41, 5.74) is 0. The summed E-state index contributed by atoms with van der Waals surface area (Å²) in [5, 5.41) is 2.12. The van der Waals surface area contributed by atoms with Crippen LogP contribution in [0.25, 0.3) is 0 Å². The summed E-state index contributed by atoms with van der Waals surface area (Å²) < 4.78 is 4.39. The predicted molar refractivity (Wildman–Crippen MR) is 47.5 cm³/mol. The van der Waals surface area contributed by atoms with Crippen LogP contribution < -0.4 is 0 Å². The highest BCUT2D eigenvalue weighted by Crippen LogP contribution is 1.98. The fraction of sp³-hybridized carbons (Fsp3) is 0.571. The summed E-state index contributed by atoms with van der Waals surface area (Å²) in [4.78, 5) is 4.26. The monoisotopic (exact) mass is 156 g/mol. The van der Waals surface area contributed by atoms with E-state index in [1.165, 1.54) is 0 Å². The smallest absolute Gasteiger partial charge is 0.131 e. The van der Waals surface area contributed by atoms with Crippen molar-refractivity contribution in [2.75, 3.05) is 12.8 Å². The van der Waals surface area contributed by atoms with Crippen molar-refractivity contribution >= 4 is 16.5 Å². The Bertz CT molecular complexity index is 204. The molecule has 2 nitrogen and oxygen atoms in total. The lowest BCUT2D eigenvalue weighted by atomic mass is 10.4. The van der Waals surface area contributed by atoms with Gasteiger partial charge in [-0.3, -0.25) is 4.99 Å². The van der Waals surface area contributed by atoms with Gasteiger partial charge in [0.05, 0.1) is 6.54 Å². The van der Waals surface area contributed by atoms with Gasteiger partial charge in [0, 0.05) is 6.42 Å². The van der Waals surface area contributed by atoms with Crippen LogP contribution in [0.2, 0.25) is 0 Å². The van der Waals surface area contributed by atoms with Gasteiger partial charge in [-0.25, -0.2) is 4.36 Å². The van der Waals surface area contributed by atoms with Crippen molar-refractivity contribution in [3.63, 3.8) is 0 Å². The molecule has 0 spiro atoms. The molecule has 0 amide bonds. The van der Waals surface area contributed by atoms with Crippen LogP contribution in [-0.2, 0) is 10.7 Å². The second-order valence-electron chi connectivity index (χ2n) is 2.10. The third kappa shape index (κ3) is 2.06. The van der Waals surface area contributed by atoms with Crippen molar-refractivity contribution in [2.24, 2.45) is 9.36 Å². The maximum Gasteiger partial charge on any atom is 0.131 e. The Kier molecular flexibility index (Phi) is 2.81. The molecule has 0 fully saturated rings. The molecule has 0 aromatic rings. The number of rotatable bonds is 1. The Morgan fingerprint density at radius 1 is 1.70 bits per heavy atom. The van der Waals surface area contributed by atoms with E-state index in [0.29, 0.717) is 0 Å². The van der Waals surface area contributed by atoms with Crippen molar-refractivity contribution in [2.45, 2.75) is 13.3 Å². The Hall–Kier alpha value is -0.440. The summed E-state index contributed by atoms with van der Waals surface area (Å²) >= 11 is 0. The van der Waals surface area contributed by atoms with Gasteiger partial charge in [0.15, 0.2) is 0 Å². The highest BCUT2D eigenvalue weighted by molar-refractivity contribution is 7.89. The lowest BCUT2D eigenvalue weighted by molar-refractivity contribution is 1.16. The van der Waals surface area contributed by atoms with Crippen LogP contribution in [0, 0.1) is 0 Å². The third-order valence-electron chi connectivity index (χ3n) is 1.24. The molecule has 0 bridgehead atoms. The fourth-order valence-corrected chi connectivity index (χ4v) is 1.69. The van der Waals surface area contributed by atoms with Gasteiger partial charge in [-0.15, -0.1) is 0 Å². The van der Waals surface area contributed by atoms with Gasteiger partial charge in [-0.2, -0.15) is 0 Å². The first-order chi connectivity index (χ1) is 4.83. The zero-order valence-electron chi connectivity index (χ0n) is 6.37. The van der Waals surface area contributed by atoms with Crippen molar-refractivity contribution in [1.82, 2.24) is 0 Å². The average Bonchev–Trinajstić information content (AvgIpc) is 2.13. The van der Waals surface area contributed by atoms with E-state index in [2.05, 4.69) is 34.0 Å². The molecule has 1 unspecified atom stereocenters. The van der Waals surface area contributed by atoms with E-state index in [-0.39, 0.29) is 10.7 Å². The molecular weight excluding hydrogens is 144 g/mol. The summed E-state index contributed by atoms with van der Waals surface area (Å²) in [6.07, 6.45) is 5.14. The second-order valence-corrected chi connectivity index (χ2v) is 3.60. The minimum Gasteiger partial charge on any atom is -0.266 e. The first-order valence-electron chi connectivity index (χ1n) is 3.39. The number of hydrogen-bond donors (Lipinski definition) is 0. The molecule has 0 saturated carbocycles. The Morgan fingerprint density at radius 2 is 2.50 bits per heavy atom. The van der Waals surface area contributed by atoms with Gasteiger partial charge in [-0.1, -0.05) is 23.7 Å². The van der Waals surface area contributed by atoms with Crippen molar-refractivity contribution in [3.8, 4) is 0 Å². The lowest BCUT2D eigenvalue weighted by Crippen LogP contribution is -1.91. The molecule has 1 aliphatic rings. The topological polar surface area (TPSA) is 24.7 Å². The fourth-order valence-electron chi connectivity index (χ4n) is 0.742. The molecule has 56 valence electrons. The highest BCUT2D eigenvalue weighted by Gasteiger charge is 1.94. The molecule has 1 heterocycles. The van der Waals surface area contributed by atoms with E-state index in [9.17, 15) is 0 Å². The van der Waals surface area contributed by atoms with Crippen LogP contribution in [-0.4, -0.2) is 18.6 Å². The normalized spacial score (nSPS) is 25.0. The van der Waals surface area contributed by atoms with Gasteiger partial charge in [0.1, 0.15) is 5.84 Å². The van der Waals surface area contributed by atoms with E-state index >= 15 is 0 Å². The van der Waals surface area contributed by atoms with E-state index in [1.54, 1.807) is 0 Å². The lowest BCUT2D eigenvalue weighted by Gasteiger charge is -1.93. The van der Waals surface area contributed by atoms with Crippen LogP contribution in [0.3, 0.4) is 0 Å². The Labute approximate surface area is 64.2 Å². The summed E-state index contributed by atoms with van der Waals surface area (Å²) in [6.45, 7) is 2.90. The average molecular weight is 156 g/mol. The minimum atomic E-state index is 0.0761. The van der Waals surface area contributed by atoms with Crippen molar-refractivity contribution in [3.05, 3.63) is 11.5 Å². The van der Waals surface area contributed by atoms with E-state index < -0.39 is 0 Å². The van der Waals surface area contributed by atoms with Crippen LogP contribution >= 0.6 is 0 Å². The number of hydrogen-bond acceptors (Lipinski definition) is 2. The van der Waals surface area contributed by atoms with Crippen molar-refractivity contribution < 1.29 is 0 Å². The summed E-state index contributed by atoms with van der Waals surface area (Å²) in [7, 11) is 0.0761. The van der Waals surface area contributed by atoms with Gasteiger partial charge < -0.3 is 0 Å². The van der Waals surface area contributed by atoms with Crippen LogP contribution in [0.1, 0.15) is 13.3 Å². The number of aliphatic imine (C=N–C) groups is 1. The maximum absolute atomic E-state index is 4.39. The summed E-state index contributed by atoms with van der Waals surface area (Å²) in [6, 6.07) is 0. The van der Waals surface area contributed by atoms with Gasteiger partial charge in [-0.05, 0) is 11.7 Å². The molecule has 1 aliphatic heterocycles. The zero-order chi connectivity index (χ0) is 7.40. The molecule has 1 atom stereocenters.